The maximum absolute atomic E-state index is 13.2. The third-order valence-corrected chi connectivity index (χ3v) is 2.87. The van der Waals surface area contributed by atoms with E-state index in [0.29, 0.717) is 13.1 Å². The zero-order chi connectivity index (χ0) is 13.6. The summed E-state index contributed by atoms with van der Waals surface area (Å²) in [6.45, 7) is 7.48. The number of benzene rings is 1. The number of carbonyl (C=O) groups is 1. The molecule has 0 saturated heterocycles. The van der Waals surface area contributed by atoms with E-state index in [1.54, 1.807) is 6.07 Å². The Kier molecular flexibility index (Phi) is 5.28. The van der Waals surface area contributed by atoms with E-state index in [2.05, 4.69) is 10.6 Å². The lowest BCUT2D eigenvalue weighted by Crippen LogP contribution is -2.40. The first-order valence-corrected chi connectivity index (χ1v) is 6.19. The fraction of sp³-hybridized carbons (Fsp3) is 0.500. The van der Waals surface area contributed by atoms with Gasteiger partial charge < -0.3 is 10.6 Å². The maximum Gasteiger partial charge on any atom is 0.233 e. The Morgan fingerprint density at radius 2 is 2.11 bits per heavy atom. The van der Waals surface area contributed by atoms with E-state index in [4.69, 9.17) is 0 Å². The minimum atomic E-state index is -0.288. The number of rotatable bonds is 6. The molecule has 4 heteroatoms. The number of hydrogen-bond donors (Lipinski definition) is 2. The number of nitrogens with one attached hydrogen (secondary N) is 2. The van der Waals surface area contributed by atoms with Crippen molar-refractivity contribution in [2.45, 2.75) is 26.2 Å². The van der Waals surface area contributed by atoms with Gasteiger partial charge in [0.25, 0.3) is 0 Å². The molecule has 0 aliphatic heterocycles. The predicted molar refractivity (Wildman–Crippen MR) is 71.0 cm³/mol. The van der Waals surface area contributed by atoms with Gasteiger partial charge >= 0.3 is 0 Å². The molecule has 0 aliphatic rings. The number of carbonyl (C=O) groups excluding carboxylic acids is 1. The van der Waals surface area contributed by atoms with Crippen LogP contribution in [0.4, 0.5) is 4.39 Å². The van der Waals surface area contributed by atoms with E-state index in [-0.39, 0.29) is 17.1 Å². The van der Waals surface area contributed by atoms with Gasteiger partial charge in [-0.1, -0.05) is 32.9 Å². The van der Waals surface area contributed by atoms with Crippen LogP contribution in [0.5, 0.6) is 0 Å². The summed E-state index contributed by atoms with van der Waals surface area (Å²) in [5.74, 6) is -0.291. The molecule has 3 nitrogen and oxygen atoms in total. The van der Waals surface area contributed by atoms with Crippen molar-refractivity contribution in [1.82, 2.24) is 10.6 Å². The Balaban J connectivity index is 2.57. The molecule has 0 atom stereocenters. The zero-order valence-corrected chi connectivity index (χ0v) is 11.2. The normalized spacial score (nSPS) is 11.3. The first-order valence-electron chi connectivity index (χ1n) is 6.19. The van der Waals surface area contributed by atoms with Crippen molar-refractivity contribution in [3.05, 3.63) is 35.6 Å². The number of likely N-dealkylation sites (N-methyl/N-ethyl adjacent to an activating group) is 1. The Morgan fingerprint density at radius 1 is 1.39 bits per heavy atom. The maximum atomic E-state index is 13.2. The molecule has 0 bridgehead atoms. The topological polar surface area (TPSA) is 41.1 Å². The van der Waals surface area contributed by atoms with Crippen LogP contribution in [-0.4, -0.2) is 25.5 Å². The number of hydrogen-bond acceptors (Lipinski definition) is 2. The molecule has 1 amide bonds. The van der Waals surface area contributed by atoms with Crippen LogP contribution in [-0.2, 0) is 10.2 Å². The van der Waals surface area contributed by atoms with E-state index in [1.807, 2.05) is 26.8 Å². The van der Waals surface area contributed by atoms with Crippen molar-refractivity contribution < 1.29 is 9.18 Å². The van der Waals surface area contributed by atoms with Crippen LogP contribution in [0.15, 0.2) is 24.3 Å². The third kappa shape index (κ3) is 4.45. The molecular weight excluding hydrogens is 231 g/mol. The predicted octanol–water partition coefficient (Wildman–Crippen LogP) is 1.83. The smallest absolute Gasteiger partial charge is 0.233 e. The third-order valence-electron chi connectivity index (χ3n) is 2.87. The van der Waals surface area contributed by atoms with Crippen LogP contribution in [0.3, 0.4) is 0 Å². The fourth-order valence-corrected chi connectivity index (χ4v) is 1.63. The highest BCUT2D eigenvalue weighted by molar-refractivity contribution is 5.78. The molecule has 2 N–H and O–H groups in total. The van der Waals surface area contributed by atoms with Gasteiger partial charge in [-0.25, -0.2) is 4.39 Å². The van der Waals surface area contributed by atoms with Crippen LogP contribution < -0.4 is 10.6 Å². The van der Waals surface area contributed by atoms with Gasteiger partial charge in [0.05, 0.1) is 6.54 Å². The van der Waals surface area contributed by atoms with Crippen LogP contribution in [0.2, 0.25) is 0 Å². The van der Waals surface area contributed by atoms with Gasteiger partial charge in [0.15, 0.2) is 0 Å². The molecule has 100 valence electrons. The molecule has 18 heavy (non-hydrogen) atoms. The van der Waals surface area contributed by atoms with Crippen molar-refractivity contribution in [3.63, 3.8) is 0 Å². The second-order valence-electron chi connectivity index (χ2n) is 4.95. The fourth-order valence-electron chi connectivity index (χ4n) is 1.63. The second kappa shape index (κ2) is 6.50. The Hall–Kier alpha value is -1.42. The van der Waals surface area contributed by atoms with Crippen molar-refractivity contribution in [2.75, 3.05) is 19.6 Å². The summed E-state index contributed by atoms with van der Waals surface area (Å²) < 4.78 is 13.2. The van der Waals surface area contributed by atoms with Gasteiger partial charge in [0.1, 0.15) is 5.82 Å². The van der Waals surface area contributed by atoms with E-state index in [9.17, 15) is 9.18 Å². The molecule has 0 spiro atoms. The molecule has 0 aliphatic carbocycles. The summed E-state index contributed by atoms with van der Waals surface area (Å²) in [4.78, 5) is 11.5. The molecule has 1 rings (SSSR count). The first kappa shape index (κ1) is 14.6. The Morgan fingerprint density at radius 3 is 2.72 bits per heavy atom. The van der Waals surface area contributed by atoms with Crippen LogP contribution in [0.1, 0.15) is 26.3 Å². The van der Waals surface area contributed by atoms with Crippen LogP contribution in [0, 0.1) is 5.82 Å². The lowest BCUT2D eigenvalue weighted by molar-refractivity contribution is -0.120. The quantitative estimate of drug-likeness (QED) is 0.811. The van der Waals surface area contributed by atoms with E-state index in [1.165, 1.54) is 12.1 Å². The molecular formula is C14H21FN2O. The van der Waals surface area contributed by atoms with Gasteiger partial charge in [0, 0.05) is 12.0 Å². The summed E-state index contributed by atoms with van der Waals surface area (Å²) in [5, 5.41) is 5.81. The average molecular weight is 252 g/mol. The molecule has 0 radical (unpaired) electrons. The average Bonchev–Trinajstić information content (AvgIpc) is 2.34. The van der Waals surface area contributed by atoms with Crippen molar-refractivity contribution in [2.24, 2.45) is 0 Å². The zero-order valence-electron chi connectivity index (χ0n) is 11.2. The molecule has 0 unspecified atom stereocenters. The lowest BCUT2D eigenvalue weighted by atomic mass is 9.84. The Bertz CT molecular complexity index is 405. The van der Waals surface area contributed by atoms with Gasteiger partial charge in [0.2, 0.25) is 5.91 Å². The second-order valence-corrected chi connectivity index (χ2v) is 4.95. The van der Waals surface area contributed by atoms with Gasteiger partial charge in [-0.2, -0.15) is 0 Å². The van der Waals surface area contributed by atoms with Gasteiger partial charge in [-0.05, 0) is 24.2 Å². The number of amides is 1. The highest BCUT2D eigenvalue weighted by Gasteiger charge is 2.21. The summed E-state index contributed by atoms with van der Waals surface area (Å²) in [6.07, 6.45) is 0. The van der Waals surface area contributed by atoms with Crippen molar-refractivity contribution in [1.29, 1.82) is 0 Å². The minimum Gasteiger partial charge on any atom is -0.354 e. The van der Waals surface area contributed by atoms with E-state index in [0.717, 1.165) is 12.1 Å². The number of halogens is 1. The molecule has 0 fully saturated rings. The van der Waals surface area contributed by atoms with Crippen molar-refractivity contribution >= 4 is 5.91 Å². The molecule has 1 aromatic carbocycles. The lowest BCUT2D eigenvalue weighted by Gasteiger charge is -2.25. The highest BCUT2D eigenvalue weighted by Crippen LogP contribution is 2.22. The molecule has 0 aromatic heterocycles. The van der Waals surface area contributed by atoms with Crippen molar-refractivity contribution in [3.8, 4) is 0 Å². The SMILES string of the molecule is CCNCC(=O)NCC(C)(C)c1cccc(F)c1. The molecule has 0 saturated carbocycles. The summed E-state index contributed by atoms with van der Waals surface area (Å²) in [6, 6.07) is 6.49. The largest absolute Gasteiger partial charge is 0.354 e. The monoisotopic (exact) mass is 252 g/mol. The first-order chi connectivity index (χ1) is 8.45. The van der Waals surface area contributed by atoms with Gasteiger partial charge in [-0.3, -0.25) is 4.79 Å². The van der Waals surface area contributed by atoms with Crippen LogP contribution in [0.25, 0.3) is 0 Å². The highest BCUT2D eigenvalue weighted by atomic mass is 19.1. The molecule has 0 heterocycles. The molecule has 1 aromatic rings. The van der Waals surface area contributed by atoms with E-state index >= 15 is 0 Å². The van der Waals surface area contributed by atoms with E-state index < -0.39 is 0 Å². The Labute approximate surface area is 108 Å². The summed E-state index contributed by atoms with van der Waals surface area (Å²) in [5.41, 5.74) is 0.593. The van der Waals surface area contributed by atoms with Gasteiger partial charge in [-0.15, -0.1) is 0 Å². The minimum absolute atomic E-state index is 0.0404. The summed E-state index contributed by atoms with van der Waals surface area (Å²) >= 11 is 0. The summed E-state index contributed by atoms with van der Waals surface area (Å²) in [7, 11) is 0. The van der Waals surface area contributed by atoms with Crippen LogP contribution >= 0.6 is 0 Å². The standard InChI is InChI=1S/C14H21FN2O/c1-4-16-9-13(18)17-10-14(2,3)11-6-5-7-12(15)8-11/h5-8,16H,4,9-10H2,1-3H3,(H,17,18).